The molecule has 0 aromatic heterocycles. The monoisotopic (exact) mass is 541 g/mol. The van der Waals surface area contributed by atoms with E-state index in [0.29, 0.717) is 18.8 Å². The smallest absolute Gasteiger partial charge is 0.245 e. The zero-order chi connectivity index (χ0) is 24.3. The molecule has 2 rings (SSSR count). The molecule has 0 saturated carbocycles. The Kier molecular flexibility index (Phi) is 8.82. The second-order valence-corrected chi connectivity index (χ2v) is 11.7. The second kappa shape index (κ2) is 10.6. The molecule has 0 spiro atoms. The lowest BCUT2D eigenvalue weighted by molar-refractivity contribution is -0.114. The van der Waals surface area contributed by atoms with Crippen molar-refractivity contribution in [3.63, 3.8) is 0 Å². The number of carbonyl (C=O) groups is 1. The summed E-state index contributed by atoms with van der Waals surface area (Å²) in [5, 5.41) is 2.75. The normalized spacial score (nSPS) is 12.1. The second-order valence-electron chi connectivity index (χ2n) is 6.65. The lowest BCUT2D eigenvalue weighted by Crippen LogP contribution is -2.37. The average molecular weight is 543 g/mol. The van der Waals surface area contributed by atoms with E-state index in [9.17, 15) is 21.6 Å². The van der Waals surface area contributed by atoms with Crippen LogP contribution in [0.15, 0.2) is 41.3 Å². The van der Waals surface area contributed by atoms with Gasteiger partial charge in [0.25, 0.3) is 0 Å². The third-order valence-electron chi connectivity index (χ3n) is 4.43. The molecule has 1 N–H and O–H groups in total. The van der Waals surface area contributed by atoms with Crippen LogP contribution in [0.3, 0.4) is 0 Å². The number of nitrogens with one attached hydrogen (secondary N) is 1. The van der Waals surface area contributed by atoms with Crippen molar-refractivity contribution >= 4 is 72.1 Å². The van der Waals surface area contributed by atoms with Gasteiger partial charge >= 0.3 is 0 Å². The van der Waals surface area contributed by atoms with E-state index >= 15 is 0 Å². The van der Waals surface area contributed by atoms with Crippen molar-refractivity contribution < 1.29 is 21.6 Å². The highest BCUT2D eigenvalue weighted by atomic mass is 35.5. The van der Waals surface area contributed by atoms with Gasteiger partial charge in [-0.1, -0.05) is 48.7 Å². The molecule has 13 heteroatoms. The van der Waals surface area contributed by atoms with Crippen molar-refractivity contribution in [3.05, 3.63) is 51.5 Å². The SMILES string of the molecule is CCN(CC)S(=O)(=O)c1ccc(NC(=O)CN(c2cc(Cl)c(Cl)cc2Cl)S(C)(=O)=O)cc1. The molecule has 0 atom stereocenters. The van der Waals surface area contributed by atoms with Crippen molar-refractivity contribution in [2.24, 2.45) is 0 Å². The summed E-state index contributed by atoms with van der Waals surface area (Å²) in [6, 6.07) is 8.12. The molecular weight excluding hydrogens is 521 g/mol. The van der Waals surface area contributed by atoms with Gasteiger partial charge in [0.2, 0.25) is 26.0 Å². The van der Waals surface area contributed by atoms with E-state index in [1.807, 2.05) is 0 Å². The summed E-state index contributed by atoms with van der Waals surface area (Å²) in [4.78, 5) is 12.6. The van der Waals surface area contributed by atoms with Crippen LogP contribution in [-0.4, -0.2) is 52.9 Å². The molecule has 32 heavy (non-hydrogen) atoms. The summed E-state index contributed by atoms with van der Waals surface area (Å²) < 4.78 is 51.8. The maximum atomic E-state index is 12.6. The van der Waals surface area contributed by atoms with Crippen LogP contribution in [0.25, 0.3) is 0 Å². The van der Waals surface area contributed by atoms with Crippen molar-refractivity contribution in [2.45, 2.75) is 18.7 Å². The van der Waals surface area contributed by atoms with Crippen molar-refractivity contribution in [1.29, 1.82) is 0 Å². The molecule has 0 unspecified atom stereocenters. The fourth-order valence-corrected chi connectivity index (χ4v) is 5.85. The third kappa shape index (κ3) is 6.27. The third-order valence-corrected chi connectivity index (χ3v) is 8.64. The summed E-state index contributed by atoms with van der Waals surface area (Å²) in [5.41, 5.74) is 0.293. The number of nitrogens with zero attached hydrogens (tertiary/aromatic N) is 2. The van der Waals surface area contributed by atoms with Gasteiger partial charge in [-0.2, -0.15) is 4.31 Å². The van der Waals surface area contributed by atoms with Crippen LogP contribution in [-0.2, 0) is 24.8 Å². The van der Waals surface area contributed by atoms with Crippen molar-refractivity contribution in [3.8, 4) is 0 Å². The summed E-state index contributed by atoms with van der Waals surface area (Å²) in [5.74, 6) is -0.670. The van der Waals surface area contributed by atoms with E-state index in [2.05, 4.69) is 5.32 Å². The van der Waals surface area contributed by atoms with Gasteiger partial charge in [-0.15, -0.1) is 0 Å². The largest absolute Gasteiger partial charge is 0.325 e. The molecule has 1 amide bonds. The van der Waals surface area contributed by atoms with Crippen LogP contribution in [0, 0.1) is 0 Å². The highest BCUT2D eigenvalue weighted by molar-refractivity contribution is 7.92. The van der Waals surface area contributed by atoms with E-state index < -0.39 is 32.5 Å². The molecule has 0 aliphatic carbocycles. The molecule has 0 radical (unpaired) electrons. The molecule has 0 heterocycles. The Bertz CT molecular complexity index is 1200. The average Bonchev–Trinajstić information content (AvgIpc) is 2.69. The predicted octanol–water partition coefficient (Wildman–Crippen LogP) is 4.08. The number of anilines is 2. The van der Waals surface area contributed by atoms with Crippen LogP contribution in [0.1, 0.15) is 13.8 Å². The molecule has 2 aromatic carbocycles. The number of rotatable bonds is 9. The Morgan fingerprint density at radius 2 is 1.44 bits per heavy atom. The number of benzene rings is 2. The summed E-state index contributed by atoms with van der Waals surface area (Å²) in [6.45, 7) is 3.55. The van der Waals surface area contributed by atoms with Crippen LogP contribution in [0.5, 0.6) is 0 Å². The first kappa shape index (κ1) is 26.7. The highest BCUT2D eigenvalue weighted by Gasteiger charge is 2.25. The maximum absolute atomic E-state index is 12.6. The van der Waals surface area contributed by atoms with Crippen molar-refractivity contribution in [1.82, 2.24) is 4.31 Å². The van der Waals surface area contributed by atoms with Gasteiger partial charge < -0.3 is 5.32 Å². The van der Waals surface area contributed by atoms with E-state index in [0.717, 1.165) is 10.6 Å². The van der Waals surface area contributed by atoms with Crippen LogP contribution >= 0.6 is 34.8 Å². The Morgan fingerprint density at radius 3 is 1.94 bits per heavy atom. The molecular formula is C19H22Cl3N3O5S2. The summed E-state index contributed by atoms with van der Waals surface area (Å²) in [7, 11) is -7.54. The molecule has 0 aliphatic rings. The van der Waals surface area contributed by atoms with Gasteiger partial charge in [0.1, 0.15) is 6.54 Å². The molecule has 2 aromatic rings. The summed E-state index contributed by atoms with van der Waals surface area (Å²) >= 11 is 18.0. The maximum Gasteiger partial charge on any atom is 0.245 e. The minimum atomic E-state index is -3.90. The number of halogens is 3. The number of hydrogen-bond acceptors (Lipinski definition) is 5. The van der Waals surface area contributed by atoms with E-state index in [4.69, 9.17) is 34.8 Å². The van der Waals surface area contributed by atoms with Crippen LogP contribution < -0.4 is 9.62 Å². The molecule has 8 nitrogen and oxygen atoms in total. The standard InChI is InChI=1S/C19H22Cl3N3O5S2/c1-4-24(5-2)32(29,30)14-8-6-13(7-9-14)23-19(26)12-25(31(3,27)28)18-11-16(21)15(20)10-17(18)22/h6-11H,4-5,12H2,1-3H3,(H,23,26). The van der Waals surface area contributed by atoms with Crippen LogP contribution in [0.4, 0.5) is 11.4 Å². The quantitative estimate of drug-likeness (QED) is 0.481. The fourth-order valence-electron chi connectivity index (χ4n) is 2.84. The molecule has 0 fully saturated rings. The lowest BCUT2D eigenvalue weighted by atomic mass is 10.3. The van der Waals surface area contributed by atoms with E-state index in [1.165, 1.54) is 40.7 Å². The van der Waals surface area contributed by atoms with E-state index in [-0.39, 0.29) is 25.7 Å². The van der Waals surface area contributed by atoms with Gasteiger partial charge in [-0.25, -0.2) is 16.8 Å². The number of carbonyl (C=O) groups excluding carboxylic acids is 1. The number of sulfonamides is 2. The fraction of sp³-hybridized carbons (Fsp3) is 0.316. The highest BCUT2D eigenvalue weighted by Crippen LogP contribution is 2.35. The van der Waals surface area contributed by atoms with Crippen molar-refractivity contribution in [2.75, 3.05) is 35.5 Å². The van der Waals surface area contributed by atoms with Gasteiger partial charge in [0, 0.05) is 18.8 Å². The zero-order valence-electron chi connectivity index (χ0n) is 17.5. The van der Waals surface area contributed by atoms with E-state index in [1.54, 1.807) is 13.8 Å². The molecule has 176 valence electrons. The first-order valence-corrected chi connectivity index (χ1v) is 13.8. The first-order chi connectivity index (χ1) is 14.8. The van der Waals surface area contributed by atoms with Gasteiger partial charge in [0.05, 0.1) is 31.9 Å². The van der Waals surface area contributed by atoms with Gasteiger partial charge in [0.15, 0.2) is 0 Å². The van der Waals surface area contributed by atoms with Gasteiger partial charge in [-0.3, -0.25) is 9.10 Å². The Hall–Kier alpha value is -1.56. The Morgan fingerprint density at radius 1 is 0.906 bits per heavy atom. The minimum Gasteiger partial charge on any atom is -0.325 e. The molecule has 0 bridgehead atoms. The summed E-state index contributed by atoms with van der Waals surface area (Å²) in [6.07, 6.45) is 0.923. The lowest BCUT2D eigenvalue weighted by Gasteiger charge is -2.23. The topological polar surface area (TPSA) is 104 Å². The Balaban J connectivity index is 2.24. The Labute approximate surface area is 203 Å². The predicted molar refractivity (Wildman–Crippen MR) is 129 cm³/mol. The van der Waals surface area contributed by atoms with Gasteiger partial charge in [-0.05, 0) is 36.4 Å². The van der Waals surface area contributed by atoms with Crippen LogP contribution in [0.2, 0.25) is 15.1 Å². The molecule has 0 aliphatic heterocycles. The molecule has 0 saturated heterocycles. The minimum absolute atomic E-state index is 0.000574. The number of hydrogen-bond donors (Lipinski definition) is 1. The zero-order valence-corrected chi connectivity index (χ0v) is 21.4. The number of amides is 1. The first-order valence-electron chi connectivity index (χ1n) is 9.33.